The van der Waals surface area contributed by atoms with Gasteiger partial charge in [0.2, 0.25) is 0 Å². The molecular formula is C7H10BrN3O3. The molecule has 0 fully saturated rings. The zero-order valence-corrected chi connectivity index (χ0v) is 8.82. The van der Waals surface area contributed by atoms with Crippen LogP contribution in [-0.4, -0.2) is 27.3 Å². The Labute approximate surface area is 87.5 Å². The fourth-order valence-corrected chi connectivity index (χ4v) is 1.27. The first-order valence-electron chi connectivity index (χ1n) is 3.92. The lowest BCUT2D eigenvalue weighted by atomic mass is 10.3. The highest BCUT2D eigenvalue weighted by molar-refractivity contribution is 9.10. The molecule has 78 valence electrons. The van der Waals surface area contributed by atoms with E-state index in [0.717, 1.165) is 0 Å². The van der Waals surface area contributed by atoms with Gasteiger partial charge in [-0.25, -0.2) is 4.79 Å². The van der Waals surface area contributed by atoms with E-state index in [4.69, 9.17) is 5.73 Å². The number of aromatic nitrogens is 2. The van der Waals surface area contributed by atoms with Crippen molar-refractivity contribution < 1.29 is 5.11 Å². The molecule has 0 aliphatic rings. The van der Waals surface area contributed by atoms with Crippen molar-refractivity contribution in [3.63, 3.8) is 0 Å². The van der Waals surface area contributed by atoms with E-state index in [2.05, 4.69) is 20.9 Å². The Balaban J connectivity index is 3.04. The van der Waals surface area contributed by atoms with Gasteiger partial charge in [0.1, 0.15) is 0 Å². The van der Waals surface area contributed by atoms with Gasteiger partial charge in [0, 0.05) is 12.7 Å². The van der Waals surface area contributed by atoms with Gasteiger partial charge in [0.25, 0.3) is 5.56 Å². The van der Waals surface area contributed by atoms with Gasteiger partial charge in [0.15, 0.2) is 0 Å². The molecule has 1 heterocycles. The van der Waals surface area contributed by atoms with Crippen LogP contribution in [0, 0.1) is 0 Å². The van der Waals surface area contributed by atoms with E-state index in [0.29, 0.717) is 0 Å². The van der Waals surface area contributed by atoms with Gasteiger partial charge in [-0.15, -0.1) is 0 Å². The highest BCUT2D eigenvalue weighted by Crippen LogP contribution is 1.98. The lowest BCUT2D eigenvalue weighted by Gasteiger charge is -2.09. The summed E-state index contributed by atoms with van der Waals surface area (Å²) in [4.78, 5) is 24.2. The molecule has 0 saturated carbocycles. The van der Waals surface area contributed by atoms with Crippen molar-refractivity contribution in [1.82, 2.24) is 9.55 Å². The van der Waals surface area contributed by atoms with E-state index in [1.54, 1.807) is 0 Å². The highest BCUT2D eigenvalue weighted by atomic mass is 79.9. The second kappa shape index (κ2) is 4.54. The number of aliphatic hydroxyl groups excluding tert-OH is 1. The predicted octanol–water partition coefficient (Wildman–Crippen LogP) is -1.38. The van der Waals surface area contributed by atoms with Crippen LogP contribution in [0.2, 0.25) is 0 Å². The van der Waals surface area contributed by atoms with E-state index in [1.807, 2.05) is 0 Å². The SMILES string of the molecule is NC[C@H](O)Cn1cc(Br)c(=O)[nH]c1=O. The fourth-order valence-electron chi connectivity index (χ4n) is 0.920. The summed E-state index contributed by atoms with van der Waals surface area (Å²) in [7, 11) is 0. The number of aromatic amines is 1. The molecule has 6 nitrogen and oxygen atoms in total. The van der Waals surface area contributed by atoms with E-state index in [-0.39, 0.29) is 17.6 Å². The highest BCUT2D eigenvalue weighted by Gasteiger charge is 2.06. The molecule has 0 aliphatic heterocycles. The Morgan fingerprint density at radius 3 is 2.86 bits per heavy atom. The van der Waals surface area contributed by atoms with Crippen LogP contribution in [0.3, 0.4) is 0 Å². The van der Waals surface area contributed by atoms with Crippen molar-refractivity contribution in [3.8, 4) is 0 Å². The number of hydrogen-bond acceptors (Lipinski definition) is 4. The lowest BCUT2D eigenvalue weighted by Crippen LogP contribution is -2.35. The number of nitrogens with zero attached hydrogens (tertiary/aromatic N) is 1. The van der Waals surface area contributed by atoms with Crippen LogP contribution in [0.5, 0.6) is 0 Å². The largest absolute Gasteiger partial charge is 0.390 e. The maximum absolute atomic E-state index is 11.2. The summed E-state index contributed by atoms with van der Waals surface area (Å²) in [5.74, 6) is 0. The maximum atomic E-state index is 11.2. The number of H-pyrrole nitrogens is 1. The van der Waals surface area contributed by atoms with Crippen LogP contribution in [-0.2, 0) is 6.54 Å². The molecule has 7 heteroatoms. The molecule has 0 aromatic carbocycles. The summed E-state index contributed by atoms with van der Waals surface area (Å²) in [6.45, 7) is 0.119. The normalized spacial score (nSPS) is 12.8. The summed E-state index contributed by atoms with van der Waals surface area (Å²) in [6.07, 6.45) is 0.519. The van der Waals surface area contributed by atoms with Crippen LogP contribution >= 0.6 is 15.9 Å². The van der Waals surface area contributed by atoms with Crippen LogP contribution in [0.25, 0.3) is 0 Å². The van der Waals surface area contributed by atoms with Crippen LogP contribution in [0.1, 0.15) is 0 Å². The number of aliphatic hydroxyl groups is 1. The molecule has 4 N–H and O–H groups in total. The fraction of sp³-hybridized carbons (Fsp3) is 0.429. The number of rotatable bonds is 3. The summed E-state index contributed by atoms with van der Waals surface area (Å²) >= 11 is 2.98. The van der Waals surface area contributed by atoms with Gasteiger partial charge in [-0.1, -0.05) is 0 Å². The van der Waals surface area contributed by atoms with Crippen molar-refractivity contribution in [2.24, 2.45) is 5.73 Å². The average Bonchev–Trinajstić information content (AvgIpc) is 2.14. The zero-order valence-electron chi connectivity index (χ0n) is 7.24. The molecule has 0 radical (unpaired) electrons. The molecule has 0 saturated heterocycles. The molecule has 0 aliphatic carbocycles. The third-order valence-electron chi connectivity index (χ3n) is 1.65. The van der Waals surface area contributed by atoms with Crippen LogP contribution in [0.4, 0.5) is 0 Å². The molecule has 14 heavy (non-hydrogen) atoms. The molecular weight excluding hydrogens is 254 g/mol. The number of nitrogens with two attached hydrogens (primary N) is 1. The molecule has 0 spiro atoms. The standard InChI is InChI=1S/C7H10BrN3O3/c8-5-3-11(2-4(12)1-9)7(14)10-6(5)13/h3-4,12H,1-2,9H2,(H,10,13,14)/t4-/m0/s1. The molecule has 0 bridgehead atoms. The molecule has 1 rings (SSSR count). The predicted molar refractivity (Wildman–Crippen MR) is 54.1 cm³/mol. The van der Waals surface area contributed by atoms with Crippen molar-refractivity contribution in [2.45, 2.75) is 12.6 Å². The third-order valence-corrected chi connectivity index (χ3v) is 2.21. The molecule has 1 aromatic rings. The molecule has 0 amide bonds. The first-order valence-corrected chi connectivity index (χ1v) is 4.71. The first-order chi connectivity index (χ1) is 6.54. The van der Waals surface area contributed by atoms with Gasteiger partial charge in [0.05, 0.1) is 17.1 Å². The Hall–Kier alpha value is -0.920. The van der Waals surface area contributed by atoms with Gasteiger partial charge in [-0.2, -0.15) is 0 Å². The number of halogens is 1. The Morgan fingerprint density at radius 1 is 1.64 bits per heavy atom. The van der Waals surface area contributed by atoms with E-state index < -0.39 is 17.4 Å². The minimum Gasteiger partial charge on any atom is -0.390 e. The topological polar surface area (TPSA) is 101 Å². The second-order valence-corrected chi connectivity index (χ2v) is 3.63. The smallest absolute Gasteiger partial charge is 0.328 e. The minimum absolute atomic E-state index is 0.0587. The summed E-state index contributed by atoms with van der Waals surface area (Å²) in [5.41, 5.74) is 4.13. The van der Waals surface area contributed by atoms with Gasteiger partial charge < -0.3 is 10.8 Å². The first kappa shape index (κ1) is 11.2. The van der Waals surface area contributed by atoms with Crippen LogP contribution < -0.4 is 17.0 Å². The summed E-state index contributed by atoms with van der Waals surface area (Å²) in [5, 5.41) is 9.20. The second-order valence-electron chi connectivity index (χ2n) is 2.78. The monoisotopic (exact) mass is 263 g/mol. The summed E-state index contributed by atoms with van der Waals surface area (Å²) in [6, 6.07) is 0. The summed E-state index contributed by atoms with van der Waals surface area (Å²) < 4.78 is 1.42. The Kier molecular flexibility index (Phi) is 3.62. The quantitative estimate of drug-likeness (QED) is 0.626. The van der Waals surface area contributed by atoms with E-state index in [1.165, 1.54) is 10.8 Å². The van der Waals surface area contributed by atoms with E-state index >= 15 is 0 Å². The number of nitrogens with one attached hydrogen (secondary N) is 1. The third kappa shape index (κ3) is 2.53. The Morgan fingerprint density at radius 2 is 2.29 bits per heavy atom. The average molecular weight is 264 g/mol. The Bertz CT molecular complexity index is 425. The van der Waals surface area contributed by atoms with Gasteiger partial charge in [-0.3, -0.25) is 14.3 Å². The molecule has 0 unspecified atom stereocenters. The van der Waals surface area contributed by atoms with Gasteiger partial charge in [-0.05, 0) is 15.9 Å². The molecule has 1 atom stereocenters. The van der Waals surface area contributed by atoms with E-state index in [9.17, 15) is 14.7 Å². The minimum atomic E-state index is -0.800. The molecule has 1 aromatic heterocycles. The van der Waals surface area contributed by atoms with Crippen molar-refractivity contribution in [1.29, 1.82) is 0 Å². The van der Waals surface area contributed by atoms with Crippen molar-refractivity contribution in [3.05, 3.63) is 31.5 Å². The van der Waals surface area contributed by atoms with Crippen molar-refractivity contribution >= 4 is 15.9 Å². The lowest BCUT2D eigenvalue weighted by molar-refractivity contribution is 0.160. The zero-order chi connectivity index (χ0) is 10.7. The van der Waals surface area contributed by atoms with Gasteiger partial charge >= 0.3 is 5.69 Å². The van der Waals surface area contributed by atoms with Crippen LogP contribution in [0.15, 0.2) is 20.3 Å². The van der Waals surface area contributed by atoms with Crippen molar-refractivity contribution in [2.75, 3.05) is 6.54 Å². The maximum Gasteiger partial charge on any atom is 0.328 e. The number of hydrogen-bond donors (Lipinski definition) is 3.